The third-order valence-corrected chi connectivity index (χ3v) is 12.9. The van der Waals surface area contributed by atoms with Crippen molar-refractivity contribution in [3.8, 4) is 16.8 Å². The standard InChI is InChI=1S/C54H34N2S/c1-2-14-39(15-3-1)56-51-32-37(25-29-46(51)48-30-24-36-12-4-7-17-43(36)54(48)56)35-22-26-40(27-23-35)55(41-28-31-53-49(34-41)47-20-10-11-21-52(47)57-53)50-33-38-13-5-6-16-42(38)44-18-8-9-19-45(44)50/h1-34H. The van der Waals surface area contributed by atoms with Crippen molar-refractivity contribution in [3.05, 3.63) is 206 Å². The molecule has 0 spiro atoms. The zero-order valence-electron chi connectivity index (χ0n) is 30.9. The van der Waals surface area contributed by atoms with Crippen molar-refractivity contribution in [1.82, 2.24) is 4.57 Å². The number of thiophene rings is 1. The van der Waals surface area contributed by atoms with E-state index in [0.717, 1.165) is 22.7 Å². The van der Waals surface area contributed by atoms with E-state index in [1.807, 2.05) is 11.3 Å². The highest BCUT2D eigenvalue weighted by Crippen LogP contribution is 2.45. The van der Waals surface area contributed by atoms with Gasteiger partial charge in [-0.15, -0.1) is 11.3 Å². The van der Waals surface area contributed by atoms with Crippen molar-refractivity contribution >= 4 is 103 Å². The molecule has 12 rings (SSSR count). The topological polar surface area (TPSA) is 8.17 Å². The van der Waals surface area contributed by atoms with E-state index < -0.39 is 0 Å². The second kappa shape index (κ2) is 12.7. The van der Waals surface area contributed by atoms with Crippen LogP contribution >= 0.6 is 11.3 Å². The Balaban J connectivity index is 1.05. The number of aromatic nitrogens is 1. The second-order valence-electron chi connectivity index (χ2n) is 14.9. The Morgan fingerprint density at radius 1 is 0.351 bits per heavy atom. The fourth-order valence-electron chi connectivity index (χ4n) is 9.11. The number of rotatable bonds is 5. The molecule has 3 heteroatoms. The minimum absolute atomic E-state index is 1.11. The molecule has 0 unspecified atom stereocenters. The summed E-state index contributed by atoms with van der Waals surface area (Å²) in [6, 6.07) is 75.8. The van der Waals surface area contributed by atoms with Crippen LogP contribution in [-0.4, -0.2) is 4.57 Å². The van der Waals surface area contributed by atoms with Gasteiger partial charge in [-0.2, -0.15) is 0 Å². The maximum Gasteiger partial charge on any atom is 0.0619 e. The number of nitrogens with zero attached hydrogens (tertiary/aromatic N) is 2. The largest absolute Gasteiger partial charge is 0.310 e. The summed E-state index contributed by atoms with van der Waals surface area (Å²) in [5, 5.41) is 12.6. The summed E-state index contributed by atoms with van der Waals surface area (Å²) in [5.74, 6) is 0. The van der Waals surface area contributed by atoms with Crippen LogP contribution in [0.2, 0.25) is 0 Å². The van der Waals surface area contributed by atoms with Crippen LogP contribution in [0.3, 0.4) is 0 Å². The third kappa shape index (κ3) is 5.03. The first kappa shape index (κ1) is 32.1. The van der Waals surface area contributed by atoms with Crippen molar-refractivity contribution < 1.29 is 0 Å². The zero-order chi connectivity index (χ0) is 37.5. The molecule has 0 saturated carbocycles. The predicted octanol–water partition coefficient (Wildman–Crippen LogP) is 15.7. The summed E-state index contributed by atoms with van der Waals surface area (Å²) in [7, 11) is 0. The van der Waals surface area contributed by atoms with Crippen LogP contribution in [0.25, 0.3) is 91.1 Å². The molecule has 0 fully saturated rings. The van der Waals surface area contributed by atoms with Gasteiger partial charge in [0.15, 0.2) is 0 Å². The van der Waals surface area contributed by atoms with E-state index in [-0.39, 0.29) is 0 Å². The molecular formula is C54H34N2S. The van der Waals surface area contributed by atoms with Gasteiger partial charge in [-0.1, -0.05) is 146 Å². The molecule has 0 amide bonds. The number of anilines is 3. The molecule has 10 aromatic carbocycles. The lowest BCUT2D eigenvalue weighted by Gasteiger charge is -2.28. The Kier molecular flexibility index (Phi) is 7.13. The Hall–Kier alpha value is -7.20. The van der Waals surface area contributed by atoms with Gasteiger partial charge < -0.3 is 9.47 Å². The zero-order valence-corrected chi connectivity index (χ0v) is 31.7. The Morgan fingerprint density at radius 3 is 1.82 bits per heavy atom. The van der Waals surface area contributed by atoms with E-state index in [1.165, 1.54) is 85.4 Å². The van der Waals surface area contributed by atoms with Gasteiger partial charge in [0.05, 0.1) is 16.7 Å². The van der Waals surface area contributed by atoms with Crippen LogP contribution < -0.4 is 4.90 Å². The van der Waals surface area contributed by atoms with Gasteiger partial charge in [0, 0.05) is 58.8 Å². The van der Waals surface area contributed by atoms with Gasteiger partial charge in [0.1, 0.15) is 0 Å². The minimum atomic E-state index is 1.11. The molecule has 0 saturated heterocycles. The Bertz CT molecular complexity index is 3520. The third-order valence-electron chi connectivity index (χ3n) is 11.7. The maximum atomic E-state index is 2.45. The molecule has 57 heavy (non-hydrogen) atoms. The molecule has 0 aliphatic carbocycles. The lowest BCUT2D eigenvalue weighted by Crippen LogP contribution is -2.10. The van der Waals surface area contributed by atoms with Crippen LogP contribution in [0.1, 0.15) is 0 Å². The summed E-state index contributed by atoms with van der Waals surface area (Å²) in [5.41, 5.74) is 9.39. The Labute approximate surface area is 333 Å². The summed E-state index contributed by atoms with van der Waals surface area (Å²) in [4.78, 5) is 2.45. The molecular weight excluding hydrogens is 709 g/mol. The van der Waals surface area contributed by atoms with Crippen LogP contribution in [0.4, 0.5) is 17.1 Å². The van der Waals surface area contributed by atoms with Gasteiger partial charge in [0.2, 0.25) is 0 Å². The molecule has 0 atom stereocenters. The quantitative estimate of drug-likeness (QED) is 0.159. The Morgan fingerprint density at radius 2 is 0.982 bits per heavy atom. The van der Waals surface area contributed by atoms with Crippen molar-refractivity contribution in [2.24, 2.45) is 0 Å². The SMILES string of the molecule is c1ccc(-n2c3cc(-c4ccc(N(c5ccc6sc7ccccc7c6c5)c5cc6ccccc6c6ccccc56)cc4)ccc3c3ccc4ccccc4c32)cc1. The molecule has 266 valence electrons. The smallest absolute Gasteiger partial charge is 0.0619 e. The van der Waals surface area contributed by atoms with Crippen LogP contribution in [0.15, 0.2) is 206 Å². The number of hydrogen-bond acceptors (Lipinski definition) is 2. The average molecular weight is 743 g/mol. The molecule has 2 nitrogen and oxygen atoms in total. The normalized spacial score (nSPS) is 11.9. The molecule has 12 aromatic rings. The molecule has 0 aliphatic heterocycles. The lowest BCUT2D eigenvalue weighted by atomic mass is 9.98. The van der Waals surface area contributed by atoms with E-state index in [1.54, 1.807) is 0 Å². The number of fused-ring (bicyclic) bond motifs is 11. The van der Waals surface area contributed by atoms with Crippen molar-refractivity contribution in [2.45, 2.75) is 0 Å². The minimum Gasteiger partial charge on any atom is -0.310 e. The highest BCUT2D eigenvalue weighted by atomic mass is 32.1. The lowest BCUT2D eigenvalue weighted by molar-refractivity contribution is 1.19. The molecule has 2 heterocycles. The van der Waals surface area contributed by atoms with Gasteiger partial charge in [-0.05, 0) is 93.3 Å². The van der Waals surface area contributed by atoms with E-state index >= 15 is 0 Å². The van der Waals surface area contributed by atoms with Gasteiger partial charge in [0.25, 0.3) is 0 Å². The van der Waals surface area contributed by atoms with Gasteiger partial charge in [-0.3, -0.25) is 0 Å². The average Bonchev–Trinajstić information content (AvgIpc) is 3.82. The summed E-state index contributed by atoms with van der Waals surface area (Å²) < 4.78 is 5.06. The number of hydrogen-bond donors (Lipinski definition) is 0. The molecule has 0 radical (unpaired) electrons. The van der Waals surface area contributed by atoms with Crippen LogP contribution in [-0.2, 0) is 0 Å². The van der Waals surface area contributed by atoms with Gasteiger partial charge >= 0.3 is 0 Å². The summed E-state index contributed by atoms with van der Waals surface area (Å²) in [6.07, 6.45) is 0. The summed E-state index contributed by atoms with van der Waals surface area (Å²) in [6.45, 7) is 0. The first-order valence-electron chi connectivity index (χ1n) is 19.5. The molecule has 0 N–H and O–H groups in total. The second-order valence-corrected chi connectivity index (χ2v) is 16.0. The number of para-hydroxylation sites is 1. The van der Waals surface area contributed by atoms with Gasteiger partial charge in [-0.25, -0.2) is 0 Å². The van der Waals surface area contributed by atoms with E-state index in [0.29, 0.717) is 0 Å². The number of benzene rings is 10. The van der Waals surface area contributed by atoms with Crippen LogP contribution in [0, 0.1) is 0 Å². The monoisotopic (exact) mass is 742 g/mol. The molecule has 0 aliphatic rings. The van der Waals surface area contributed by atoms with Crippen LogP contribution in [0.5, 0.6) is 0 Å². The van der Waals surface area contributed by atoms with E-state index in [2.05, 4.69) is 216 Å². The fraction of sp³-hybridized carbons (Fsp3) is 0. The highest BCUT2D eigenvalue weighted by molar-refractivity contribution is 7.25. The summed E-state index contributed by atoms with van der Waals surface area (Å²) >= 11 is 1.86. The van der Waals surface area contributed by atoms with Crippen molar-refractivity contribution in [2.75, 3.05) is 4.90 Å². The first-order chi connectivity index (χ1) is 28.3. The highest BCUT2D eigenvalue weighted by Gasteiger charge is 2.20. The van der Waals surface area contributed by atoms with E-state index in [9.17, 15) is 0 Å². The first-order valence-corrected chi connectivity index (χ1v) is 20.3. The maximum absolute atomic E-state index is 2.45. The molecule has 2 aromatic heterocycles. The van der Waals surface area contributed by atoms with Crippen molar-refractivity contribution in [1.29, 1.82) is 0 Å². The fourth-order valence-corrected chi connectivity index (χ4v) is 10.2. The molecule has 0 bridgehead atoms. The van der Waals surface area contributed by atoms with E-state index in [4.69, 9.17) is 0 Å². The predicted molar refractivity (Wildman–Crippen MR) is 246 cm³/mol. The van der Waals surface area contributed by atoms with Crippen molar-refractivity contribution in [3.63, 3.8) is 0 Å².